The minimum Gasteiger partial charge on any atom is -0.305 e. The monoisotopic (exact) mass is 254 g/mol. The number of nitrogens with one attached hydrogen (secondary N) is 1. The van der Waals surface area contributed by atoms with E-state index in [2.05, 4.69) is 4.98 Å². The predicted octanol–water partition coefficient (Wildman–Crippen LogP) is 3.65. The fourth-order valence-electron chi connectivity index (χ4n) is 2.01. The van der Waals surface area contributed by atoms with E-state index in [9.17, 15) is 4.79 Å². The Morgan fingerprint density at radius 3 is 2.26 bits per heavy atom. The van der Waals surface area contributed by atoms with Crippen molar-refractivity contribution >= 4 is 11.0 Å². The Bertz CT molecular complexity index is 720. The molecule has 0 radical (unpaired) electrons. The van der Waals surface area contributed by atoms with Crippen LogP contribution in [0.3, 0.4) is 0 Å². The van der Waals surface area contributed by atoms with Crippen LogP contribution in [0.5, 0.6) is 0 Å². The van der Waals surface area contributed by atoms with E-state index in [0.29, 0.717) is 0 Å². The standard InChI is InChI=1S/C14H12N2O.C2H6/c1-10-6-8-11(9-7-10)16-13-5-3-2-4-12(13)15-14(16)17;1-2/h2-9H,1H3,(H,15,17);1-2H3. The number of nitrogens with zero attached hydrogens (tertiary/aromatic N) is 1. The molecule has 0 saturated heterocycles. The third kappa shape index (κ3) is 2.45. The van der Waals surface area contributed by atoms with Crippen molar-refractivity contribution in [2.24, 2.45) is 0 Å². The van der Waals surface area contributed by atoms with Crippen molar-refractivity contribution in [3.05, 3.63) is 64.6 Å². The van der Waals surface area contributed by atoms with E-state index in [4.69, 9.17) is 0 Å². The van der Waals surface area contributed by atoms with Gasteiger partial charge in [0.05, 0.1) is 16.7 Å². The van der Waals surface area contributed by atoms with E-state index in [1.807, 2.05) is 69.3 Å². The number of fused-ring (bicyclic) bond motifs is 1. The zero-order valence-electron chi connectivity index (χ0n) is 11.5. The van der Waals surface area contributed by atoms with Crippen LogP contribution < -0.4 is 5.69 Å². The number of hydrogen-bond donors (Lipinski definition) is 1. The van der Waals surface area contributed by atoms with Gasteiger partial charge in [-0.2, -0.15) is 0 Å². The first-order valence-corrected chi connectivity index (χ1v) is 6.52. The van der Waals surface area contributed by atoms with Gasteiger partial charge in [0, 0.05) is 0 Å². The average molecular weight is 254 g/mol. The van der Waals surface area contributed by atoms with Gasteiger partial charge in [-0.15, -0.1) is 0 Å². The number of H-pyrrole nitrogens is 1. The van der Waals surface area contributed by atoms with Gasteiger partial charge in [0.2, 0.25) is 0 Å². The van der Waals surface area contributed by atoms with E-state index >= 15 is 0 Å². The minimum atomic E-state index is -0.102. The highest BCUT2D eigenvalue weighted by Gasteiger charge is 2.06. The van der Waals surface area contributed by atoms with Crippen molar-refractivity contribution in [1.29, 1.82) is 0 Å². The summed E-state index contributed by atoms with van der Waals surface area (Å²) in [5.74, 6) is 0. The average Bonchev–Trinajstić information content (AvgIpc) is 2.78. The highest BCUT2D eigenvalue weighted by atomic mass is 16.1. The Hall–Kier alpha value is -2.29. The number of aromatic amines is 1. The van der Waals surface area contributed by atoms with E-state index in [1.54, 1.807) is 4.57 Å². The van der Waals surface area contributed by atoms with Crippen molar-refractivity contribution in [3.63, 3.8) is 0 Å². The number of aryl methyl sites for hydroxylation is 1. The van der Waals surface area contributed by atoms with Crippen LogP contribution in [0.2, 0.25) is 0 Å². The summed E-state index contributed by atoms with van der Waals surface area (Å²) in [7, 11) is 0. The largest absolute Gasteiger partial charge is 0.331 e. The third-order valence-electron chi connectivity index (χ3n) is 2.88. The normalized spacial score (nSPS) is 10.1. The van der Waals surface area contributed by atoms with Crippen molar-refractivity contribution < 1.29 is 0 Å². The molecule has 2 aromatic carbocycles. The highest BCUT2D eigenvalue weighted by Crippen LogP contribution is 2.15. The van der Waals surface area contributed by atoms with Crippen LogP contribution in [-0.4, -0.2) is 9.55 Å². The maximum Gasteiger partial charge on any atom is 0.331 e. The van der Waals surface area contributed by atoms with E-state index in [1.165, 1.54) is 5.56 Å². The first-order valence-electron chi connectivity index (χ1n) is 6.52. The Kier molecular flexibility index (Phi) is 3.85. The molecule has 0 amide bonds. The summed E-state index contributed by atoms with van der Waals surface area (Å²) in [4.78, 5) is 14.8. The third-order valence-corrected chi connectivity index (χ3v) is 2.88. The molecule has 0 bridgehead atoms. The fourth-order valence-corrected chi connectivity index (χ4v) is 2.01. The van der Waals surface area contributed by atoms with E-state index in [-0.39, 0.29) is 5.69 Å². The van der Waals surface area contributed by atoms with Crippen molar-refractivity contribution in [1.82, 2.24) is 9.55 Å². The molecular formula is C16H18N2O. The molecule has 1 N–H and O–H groups in total. The van der Waals surface area contributed by atoms with Gasteiger partial charge in [-0.25, -0.2) is 4.79 Å². The van der Waals surface area contributed by atoms with Gasteiger partial charge in [0.1, 0.15) is 0 Å². The van der Waals surface area contributed by atoms with Gasteiger partial charge >= 0.3 is 5.69 Å². The molecule has 19 heavy (non-hydrogen) atoms. The number of para-hydroxylation sites is 2. The number of imidazole rings is 1. The summed E-state index contributed by atoms with van der Waals surface area (Å²) in [6, 6.07) is 15.6. The molecule has 0 aliphatic rings. The molecule has 0 unspecified atom stereocenters. The zero-order valence-corrected chi connectivity index (χ0v) is 11.5. The van der Waals surface area contributed by atoms with Crippen LogP contribution in [0.15, 0.2) is 53.3 Å². The number of hydrogen-bond acceptors (Lipinski definition) is 1. The van der Waals surface area contributed by atoms with Crippen LogP contribution >= 0.6 is 0 Å². The Morgan fingerprint density at radius 2 is 1.58 bits per heavy atom. The van der Waals surface area contributed by atoms with Crippen LogP contribution in [0.1, 0.15) is 19.4 Å². The van der Waals surface area contributed by atoms with Crippen LogP contribution in [0, 0.1) is 6.92 Å². The predicted molar refractivity (Wildman–Crippen MR) is 80.0 cm³/mol. The lowest BCUT2D eigenvalue weighted by atomic mass is 10.2. The number of rotatable bonds is 1. The summed E-state index contributed by atoms with van der Waals surface area (Å²) < 4.78 is 1.69. The topological polar surface area (TPSA) is 37.8 Å². The smallest absolute Gasteiger partial charge is 0.305 e. The van der Waals surface area contributed by atoms with E-state index in [0.717, 1.165) is 16.7 Å². The van der Waals surface area contributed by atoms with Gasteiger partial charge in [-0.1, -0.05) is 43.7 Å². The van der Waals surface area contributed by atoms with Crippen molar-refractivity contribution in [3.8, 4) is 5.69 Å². The summed E-state index contributed by atoms with van der Waals surface area (Å²) in [6.07, 6.45) is 0. The summed E-state index contributed by atoms with van der Waals surface area (Å²) in [5, 5.41) is 0. The molecule has 0 fully saturated rings. The lowest BCUT2D eigenvalue weighted by molar-refractivity contribution is 1.01. The molecule has 0 aliphatic heterocycles. The lowest BCUT2D eigenvalue weighted by Crippen LogP contribution is -2.14. The number of benzene rings is 2. The molecule has 3 aromatic rings. The molecule has 0 saturated carbocycles. The molecule has 1 heterocycles. The highest BCUT2D eigenvalue weighted by molar-refractivity contribution is 5.77. The van der Waals surface area contributed by atoms with Crippen molar-refractivity contribution in [2.75, 3.05) is 0 Å². The molecule has 0 aliphatic carbocycles. The van der Waals surface area contributed by atoms with Crippen molar-refractivity contribution in [2.45, 2.75) is 20.8 Å². The van der Waals surface area contributed by atoms with E-state index < -0.39 is 0 Å². The Morgan fingerprint density at radius 1 is 0.947 bits per heavy atom. The van der Waals surface area contributed by atoms with Gasteiger partial charge in [-0.3, -0.25) is 4.57 Å². The molecule has 3 rings (SSSR count). The second kappa shape index (κ2) is 5.57. The van der Waals surface area contributed by atoms with Gasteiger partial charge in [-0.05, 0) is 31.2 Å². The Labute approximate surface area is 112 Å². The van der Waals surface area contributed by atoms with Crippen LogP contribution in [0.25, 0.3) is 16.7 Å². The number of aromatic nitrogens is 2. The van der Waals surface area contributed by atoms with Gasteiger partial charge in [0.25, 0.3) is 0 Å². The molecule has 3 nitrogen and oxygen atoms in total. The van der Waals surface area contributed by atoms with Crippen LogP contribution in [-0.2, 0) is 0 Å². The Balaban J connectivity index is 0.000000637. The summed E-state index contributed by atoms with van der Waals surface area (Å²) >= 11 is 0. The van der Waals surface area contributed by atoms with Crippen LogP contribution in [0.4, 0.5) is 0 Å². The molecular weight excluding hydrogens is 236 g/mol. The maximum absolute atomic E-state index is 11.9. The molecule has 0 atom stereocenters. The quantitative estimate of drug-likeness (QED) is 0.707. The fraction of sp³-hybridized carbons (Fsp3) is 0.188. The first kappa shape index (κ1) is 13.1. The summed E-state index contributed by atoms with van der Waals surface area (Å²) in [5.41, 5.74) is 3.73. The van der Waals surface area contributed by atoms with Gasteiger partial charge < -0.3 is 4.98 Å². The minimum absolute atomic E-state index is 0.102. The SMILES string of the molecule is CC.Cc1ccc(-n2c(=O)[nH]c3ccccc32)cc1. The summed E-state index contributed by atoms with van der Waals surface area (Å²) in [6.45, 7) is 6.03. The second-order valence-corrected chi connectivity index (χ2v) is 4.12. The second-order valence-electron chi connectivity index (χ2n) is 4.12. The van der Waals surface area contributed by atoms with Gasteiger partial charge in [0.15, 0.2) is 0 Å². The molecule has 3 heteroatoms. The molecule has 0 spiro atoms. The zero-order chi connectivity index (χ0) is 13.8. The first-order chi connectivity index (χ1) is 9.25. The maximum atomic E-state index is 11.9. The lowest BCUT2D eigenvalue weighted by Gasteiger charge is -2.03. The molecule has 98 valence electrons. The molecule has 1 aromatic heterocycles.